The van der Waals surface area contributed by atoms with E-state index in [0.29, 0.717) is 12.1 Å². The minimum Gasteiger partial charge on any atom is -0.311 e. The standard InChI is InChI=1S/C16H24N2/c1-12-8-16(12)18-11-15(17-10-13(18)2)9-14-6-4-3-5-7-14/h3-7,12-13,15-17H,8-11H2,1-2H3. The molecule has 2 nitrogen and oxygen atoms in total. The van der Waals surface area contributed by atoms with E-state index in [1.165, 1.54) is 18.5 Å². The minimum atomic E-state index is 0.622. The molecule has 1 aliphatic heterocycles. The second-order valence-electron chi connectivity index (χ2n) is 6.12. The molecule has 1 aliphatic carbocycles. The van der Waals surface area contributed by atoms with Crippen LogP contribution in [0.25, 0.3) is 0 Å². The Morgan fingerprint density at radius 2 is 1.94 bits per heavy atom. The van der Waals surface area contributed by atoms with Crippen molar-refractivity contribution in [1.29, 1.82) is 0 Å². The first-order valence-corrected chi connectivity index (χ1v) is 7.27. The third-order valence-electron chi connectivity index (χ3n) is 4.52. The zero-order chi connectivity index (χ0) is 12.5. The van der Waals surface area contributed by atoms with Crippen molar-refractivity contribution in [3.8, 4) is 0 Å². The predicted molar refractivity (Wildman–Crippen MR) is 75.7 cm³/mol. The van der Waals surface area contributed by atoms with Gasteiger partial charge in [-0.3, -0.25) is 4.90 Å². The van der Waals surface area contributed by atoms with E-state index >= 15 is 0 Å². The Labute approximate surface area is 110 Å². The van der Waals surface area contributed by atoms with Gasteiger partial charge in [0.05, 0.1) is 0 Å². The van der Waals surface area contributed by atoms with E-state index in [1.54, 1.807) is 0 Å². The predicted octanol–water partition coefficient (Wildman–Crippen LogP) is 2.30. The first-order valence-electron chi connectivity index (χ1n) is 7.27. The highest BCUT2D eigenvalue weighted by Gasteiger charge is 2.42. The summed E-state index contributed by atoms with van der Waals surface area (Å²) < 4.78 is 0. The van der Waals surface area contributed by atoms with Gasteiger partial charge in [-0.25, -0.2) is 0 Å². The van der Waals surface area contributed by atoms with Crippen molar-refractivity contribution in [3.05, 3.63) is 35.9 Å². The highest BCUT2D eigenvalue weighted by Crippen LogP contribution is 2.37. The lowest BCUT2D eigenvalue weighted by molar-refractivity contribution is 0.127. The number of hydrogen-bond donors (Lipinski definition) is 1. The second-order valence-corrected chi connectivity index (χ2v) is 6.12. The van der Waals surface area contributed by atoms with E-state index in [4.69, 9.17) is 0 Å². The number of rotatable bonds is 3. The molecule has 3 rings (SSSR count). The number of hydrogen-bond acceptors (Lipinski definition) is 2. The lowest BCUT2D eigenvalue weighted by Crippen LogP contribution is -2.57. The van der Waals surface area contributed by atoms with Crippen LogP contribution in [0.1, 0.15) is 25.8 Å². The van der Waals surface area contributed by atoms with E-state index in [1.807, 2.05) is 0 Å². The van der Waals surface area contributed by atoms with Crippen molar-refractivity contribution < 1.29 is 0 Å². The summed E-state index contributed by atoms with van der Waals surface area (Å²) in [4.78, 5) is 2.73. The minimum absolute atomic E-state index is 0.622. The van der Waals surface area contributed by atoms with Crippen LogP contribution in [-0.4, -0.2) is 36.1 Å². The molecule has 0 radical (unpaired) electrons. The summed E-state index contributed by atoms with van der Waals surface area (Å²) in [5.41, 5.74) is 1.45. The summed E-state index contributed by atoms with van der Waals surface area (Å²) in [7, 11) is 0. The van der Waals surface area contributed by atoms with E-state index in [9.17, 15) is 0 Å². The van der Waals surface area contributed by atoms with Crippen molar-refractivity contribution in [1.82, 2.24) is 10.2 Å². The lowest BCUT2D eigenvalue weighted by Gasteiger charge is -2.39. The average molecular weight is 244 g/mol. The molecule has 98 valence electrons. The first-order chi connectivity index (χ1) is 8.74. The third kappa shape index (κ3) is 2.60. The van der Waals surface area contributed by atoms with Crippen LogP contribution >= 0.6 is 0 Å². The molecule has 0 spiro atoms. The van der Waals surface area contributed by atoms with E-state index in [0.717, 1.165) is 24.9 Å². The van der Waals surface area contributed by atoms with Crippen LogP contribution in [-0.2, 0) is 6.42 Å². The van der Waals surface area contributed by atoms with Gasteiger partial charge < -0.3 is 5.32 Å². The molecule has 4 unspecified atom stereocenters. The van der Waals surface area contributed by atoms with Gasteiger partial charge in [0.1, 0.15) is 0 Å². The van der Waals surface area contributed by atoms with Crippen LogP contribution in [0.2, 0.25) is 0 Å². The largest absolute Gasteiger partial charge is 0.311 e. The van der Waals surface area contributed by atoms with Gasteiger partial charge in [0.2, 0.25) is 0 Å². The Morgan fingerprint density at radius 3 is 2.61 bits per heavy atom. The van der Waals surface area contributed by atoms with Gasteiger partial charge in [-0.05, 0) is 31.2 Å². The molecule has 2 heteroatoms. The van der Waals surface area contributed by atoms with Gasteiger partial charge >= 0.3 is 0 Å². The fourth-order valence-electron chi connectivity index (χ4n) is 3.22. The summed E-state index contributed by atoms with van der Waals surface area (Å²) in [6.07, 6.45) is 2.56. The van der Waals surface area contributed by atoms with Gasteiger partial charge in [-0.15, -0.1) is 0 Å². The van der Waals surface area contributed by atoms with Crippen LogP contribution in [0.15, 0.2) is 30.3 Å². The summed E-state index contributed by atoms with van der Waals surface area (Å²) in [6.45, 7) is 7.09. The van der Waals surface area contributed by atoms with Crippen molar-refractivity contribution in [3.63, 3.8) is 0 Å². The Kier molecular flexibility index (Phi) is 3.40. The Morgan fingerprint density at radius 1 is 1.22 bits per heavy atom. The first kappa shape index (κ1) is 12.2. The molecular formula is C16H24N2. The Balaban J connectivity index is 1.61. The average Bonchev–Trinajstić information content (AvgIpc) is 3.10. The molecule has 0 aromatic heterocycles. The fourth-order valence-corrected chi connectivity index (χ4v) is 3.22. The fraction of sp³-hybridized carbons (Fsp3) is 0.625. The van der Waals surface area contributed by atoms with Crippen LogP contribution in [0.5, 0.6) is 0 Å². The number of piperazine rings is 1. The van der Waals surface area contributed by atoms with Crippen LogP contribution < -0.4 is 5.32 Å². The van der Waals surface area contributed by atoms with Gasteiger partial charge in [0.25, 0.3) is 0 Å². The molecule has 0 bridgehead atoms. The molecule has 2 fully saturated rings. The monoisotopic (exact) mass is 244 g/mol. The summed E-state index contributed by atoms with van der Waals surface area (Å²) in [6, 6.07) is 13.0. The zero-order valence-corrected chi connectivity index (χ0v) is 11.5. The molecule has 2 aliphatic rings. The lowest BCUT2D eigenvalue weighted by atomic mass is 10.0. The van der Waals surface area contributed by atoms with Crippen molar-refractivity contribution in [2.24, 2.45) is 5.92 Å². The molecule has 1 N–H and O–H groups in total. The van der Waals surface area contributed by atoms with E-state index < -0.39 is 0 Å². The van der Waals surface area contributed by atoms with E-state index in [2.05, 4.69) is 54.4 Å². The zero-order valence-electron chi connectivity index (χ0n) is 11.5. The van der Waals surface area contributed by atoms with Crippen molar-refractivity contribution >= 4 is 0 Å². The Hall–Kier alpha value is -0.860. The third-order valence-corrected chi connectivity index (χ3v) is 4.52. The molecule has 18 heavy (non-hydrogen) atoms. The van der Waals surface area contributed by atoms with Crippen molar-refractivity contribution in [2.75, 3.05) is 13.1 Å². The van der Waals surface area contributed by atoms with Gasteiger partial charge in [0.15, 0.2) is 0 Å². The van der Waals surface area contributed by atoms with E-state index in [-0.39, 0.29) is 0 Å². The number of nitrogens with zero attached hydrogens (tertiary/aromatic N) is 1. The highest BCUT2D eigenvalue weighted by molar-refractivity contribution is 5.16. The molecule has 1 heterocycles. The molecular weight excluding hydrogens is 220 g/mol. The highest BCUT2D eigenvalue weighted by atomic mass is 15.3. The van der Waals surface area contributed by atoms with Crippen LogP contribution in [0.3, 0.4) is 0 Å². The van der Waals surface area contributed by atoms with Gasteiger partial charge in [-0.1, -0.05) is 37.3 Å². The van der Waals surface area contributed by atoms with Crippen LogP contribution in [0.4, 0.5) is 0 Å². The quantitative estimate of drug-likeness (QED) is 0.877. The summed E-state index contributed by atoms with van der Waals surface area (Å²) in [5, 5.41) is 3.70. The maximum Gasteiger partial charge on any atom is 0.0236 e. The summed E-state index contributed by atoms with van der Waals surface area (Å²) >= 11 is 0. The molecule has 1 aromatic carbocycles. The second kappa shape index (κ2) is 5.02. The molecule has 1 saturated carbocycles. The Bertz CT molecular complexity index is 387. The maximum absolute atomic E-state index is 3.70. The summed E-state index contributed by atoms with van der Waals surface area (Å²) in [5.74, 6) is 0.919. The molecule has 4 atom stereocenters. The normalized spacial score (nSPS) is 36.6. The van der Waals surface area contributed by atoms with Gasteiger partial charge in [0, 0.05) is 31.2 Å². The number of nitrogens with one attached hydrogen (secondary N) is 1. The maximum atomic E-state index is 3.70. The van der Waals surface area contributed by atoms with Crippen molar-refractivity contribution in [2.45, 2.75) is 44.8 Å². The number of benzene rings is 1. The van der Waals surface area contributed by atoms with Crippen LogP contribution in [0, 0.1) is 5.92 Å². The molecule has 1 saturated heterocycles. The van der Waals surface area contributed by atoms with Gasteiger partial charge in [-0.2, -0.15) is 0 Å². The topological polar surface area (TPSA) is 15.3 Å². The molecule has 0 amide bonds. The SMILES string of the molecule is CC1CC1N1CC(Cc2ccccc2)NCC1C. The molecule has 1 aromatic rings. The smallest absolute Gasteiger partial charge is 0.0236 e.